The van der Waals surface area contributed by atoms with E-state index in [4.69, 9.17) is 9.88 Å². The molecular weight excluding hydrogens is 366 g/mol. The van der Waals surface area contributed by atoms with Crippen LogP contribution in [0.25, 0.3) is 0 Å². The van der Waals surface area contributed by atoms with Crippen molar-refractivity contribution in [3.63, 3.8) is 0 Å². The number of ether oxygens (including phenoxy) is 1. The molecule has 146 valence electrons. The third-order valence-electron chi connectivity index (χ3n) is 3.95. The van der Waals surface area contributed by atoms with E-state index in [1.807, 2.05) is 31.2 Å². The second-order valence-electron chi connectivity index (χ2n) is 6.21. The standard InChI is InChI=1S/C19H25N3O4S/c1-4-26-18-8-6-5-7-14(18)9-12-19(23)21-16-13-15(27(20,24)25)10-11-17(16)22(2)3/h5-8,10-11,13H,4,9,12H2,1-3H3,(H,21,23)(H2,20,24,25). The molecule has 7 nitrogen and oxygen atoms in total. The Bertz CT molecular complexity index is 911. The Balaban J connectivity index is 2.15. The monoisotopic (exact) mass is 391 g/mol. The van der Waals surface area contributed by atoms with Gasteiger partial charge in [-0.15, -0.1) is 0 Å². The van der Waals surface area contributed by atoms with Crippen molar-refractivity contribution in [2.75, 3.05) is 30.9 Å². The zero-order chi connectivity index (χ0) is 20.0. The predicted octanol–water partition coefficient (Wildman–Crippen LogP) is 2.37. The summed E-state index contributed by atoms with van der Waals surface area (Å²) in [7, 11) is -0.246. The van der Waals surface area contributed by atoms with Crippen molar-refractivity contribution in [1.82, 2.24) is 0 Å². The number of para-hydroxylation sites is 1. The van der Waals surface area contributed by atoms with Crippen LogP contribution in [0.2, 0.25) is 0 Å². The van der Waals surface area contributed by atoms with Gasteiger partial charge in [0.05, 0.1) is 22.9 Å². The summed E-state index contributed by atoms with van der Waals surface area (Å²) in [5.74, 6) is 0.536. The molecule has 1 amide bonds. The SMILES string of the molecule is CCOc1ccccc1CCC(=O)Nc1cc(S(N)(=O)=O)ccc1N(C)C. The van der Waals surface area contributed by atoms with E-state index in [0.717, 1.165) is 11.3 Å². The topological polar surface area (TPSA) is 102 Å². The number of hydrogen-bond donors (Lipinski definition) is 2. The minimum absolute atomic E-state index is 0.0508. The van der Waals surface area contributed by atoms with Crippen LogP contribution in [0.4, 0.5) is 11.4 Å². The highest BCUT2D eigenvalue weighted by Crippen LogP contribution is 2.28. The summed E-state index contributed by atoms with van der Waals surface area (Å²) >= 11 is 0. The summed E-state index contributed by atoms with van der Waals surface area (Å²) in [6, 6.07) is 12.0. The number of anilines is 2. The normalized spacial score (nSPS) is 11.1. The highest BCUT2D eigenvalue weighted by molar-refractivity contribution is 7.89. The first-order valence-corrected chi connectivity index (χ1v) is 10.1. The van der Waals surface area contributed by atoms with Crippen LogP contribution in [0.15, 0.2) is 47.4 Å². The van der Waals surface area contributed by atoms with Gasteiger partial charge in [0.25, 0.3) is 0 Å². The summed E-state index contributed by atoms with van der Waals surface area (Å²) in [6.45, 7) is 2.46. The van der Waals surface area contributed by atoms with E-state index in [1.165, 1.54) is 12.1 Å². The summed E-state index contributed by atoms with van der Waals surface area (Å²) in [4.78, 5) is 14.2. The lowest BCUT2D eigenvalue weighted by Crippen LogP contribution is -2.19. The second-order valence-corrected chi connectivity index (χ2v) is 7.77. The predicted molar refractivity (Wildman–Crippen MR) is 107 cm³/mol. The molecule has 0 spiro atoms. The molecule has 0 saturated carbocycles. The van der Waals surface area contributed by atoms with E-state index in [9.17, 15) is 13.2 Å². The number of rotatable bonds is 8. The molecule has 0 aromatic heterocycles. The number of nitrogens with one attached hydrogen (secondary N) is 1. The van der Waals surface area contributed by atoms with Gasteiger partial charge < -0.3 is 15.0 Å². The van der Waals surface area contributed by atoms with Crippen molar-refractivity contribution in [2.24, 2.45) is 5.14 Å². The lowest BCUT2D eigenvalue weighted by atomic mass is 10.1. The number of nitrogens with zero attached hydrogens (tertiary/aromatic N) is 1. The average molecular weight is 391 g/mol. The van der Waals surface area contributed by atoms with Crippen molar-refractivity contribution >= 4 is 27.3 Å². The van der Waals surface area contributed by atoms with E-state index < -0.39 is 10.0 Å². The lowest BCUT2D eigenvalue weighted by molar-refractivity contribution is -0.116. The van der Waals surface area contributed by atoms with Gasteiger partial charge in [0.2, 0.25) is 15.9 Å². The molecule has 8 heteroatoms. The van der Waals surface area contributed by atoms with Gasteiger partial charge in [-0.2, -0.15) is 0 Å². The fourth-order valence-corrected chi connectivity index (χ4v) is 3.19. The first-order valence-electron chi connectivity index (χ1n) is 8.57. The Morgan fingerprint density at radius 3 is 2.52 bits per heavy atom. The lowest BCUT2D eigenvalue weighted by Gasteiger charge is -2.19. The van der Waals surface area contributed by atoms with Gasteiger partial charge in [0, 0.05) is 20.5 Å². The number of carbonyl (C=O) groups is 1. The van der Waals surface area contributed by atoms with Crippen molar-refractivity contribution in [2.45, 2.75) is 24.7 Å². The van der Waals surface area contributed by atoms with E-state index in [2.05, 4.69) is 5.32 Å². The summed E-state index contributed by atoms with van der Waals surface area (Å²) < 4.78 is 28.8. The number of benzene rings is 2. The molecule has 0 saturated heterocycles. The molecular formula is C19H25N3O4S. The Morgan fingerprint density at radius 1 is 1.19 bits per heavy atom. The highest BCUT2D eigenvalue weighted by atomic mass is 32.2. The number of aryl methyl sites for hydroxylation is 1. The summed E-state index contributed by atoms with van der Waals surface area (Å²) in [6.07, 6.45) is 0.741. The molecule has 0 radical (unpaired) electrons. The first-order chi connectivity index (χ1) is 12.7. The number of nitrogens with two attached hydrogens (primary N) is 1. The van der Waals surface area contributed by atoms with Crippen LogP contribution >= 0.6 is 0 Å². The highest BCUT2D eigenvalue weighted by Gasteiger charge is 2.15. The minimum Gasteiger partial charge on any atom is -0.494 e. The zero-order valence-electron chi connectivity index (χ0n) is 15.7. The Kier molecular flexibility index (Phi) is 6.81. The third-order valence-corrected chi connectivity index (χ3v) is 4.86. The van der Waals surface area contributed by atoms with Gasteiger partial charge in [-0.1, -0.05) is 18.2 Å². The van der Waals surface area contributed by atoms with Crippen LogP contribution in [0.3, 0.4) is 0 Å². The van der Waals surface area contributed by atoms with Crippen LogP contribution in [-0.4, -0.2) is 35.0 Å². The molecule has 27 heavy (non-hydrogen) atoms. The molecule has 3 N–H and O–H groups in total. The molecule has 2 rings (SSSR count). The molecule has 2 aromatic carbocycles. The van der Waals surface area contributed by atoms with Gasteiger partial charge in [-0.25, -0.2) is 13.6 Å². The van der Waals surface area contributed by atoms with E-state index >= 15 is 0 Å². The van der Waals surface area contributed by atoms with E-state index in [-0.39, 0.29) is 17.2 Å². The number of sulfonamides is 1. The smallest absolute Gasteiger partial charge is 0.238 e. The maximum Gasteiger partial charge on any atom is 0.238 e. The van der Waals surface area contributed by atoms with Crippen LogP contribution in [0, 0.1) is 0 Å². The average Bonchev–Trinajstić information content (AvgIpc) is 2.60. The fraction of sp³-hybridized carbons (Fsp3) is 0.316. The van der Waals surface area contributed by atoms with Crippen molar-refractivity contribution in [3.8, 4) is 5.75 Å². The summed E-state index contributed by atoms with van der Waals surface area (Å²) in [5, 5.41) is 7.98. The van der Waals surface area contributed by atoms with Crippen molar-refractivity contribution in [3.05, 3.63) is 48.0 Å². The van der Waals surface area contributed by atoms with Gasteiger partial charge in [-0.3, -0.25) is 4.79 Å². The molecule has 2 aromatic rings. The number of hydrogen-bond acceptors (Lipinski definition) is 5. The van der Waals surface area contributed by atoms with Gasteiger partial charge in [-0.05, 0) is 43.2 Å². The van der Waals surface area contributed by atoms with Crippen LogP contribution in [0.5, 0.6) is 5.75 Å². The Morgan fingerprint density at radius 2 is 1.89 bits per heavy atom. The molecule has 0 heterocycles. The molecule has 0 aliphatic rings. The molecule has 0 bridgehead atoms. The minimum atomic E-state index is -3.86. The molecule has 0 atom stereocenters. The van der Waals surface area contributed by atoms with E-state index in [0.29, 0.717) is 24.4 Å². The van der Waals surface area contributed by atoms with Gasteiger partial charge in [0.1, 0.15) is 5.75 Å². The largest absolute Gasteiger partial charge is 0.494 e. The summed E-state index contributed by atoms with van der Waals surface area (Å²) in [5.41, 5.74) is 2.03. The number of carbonyl (C=O) groups excluding carboxylic acids is 1. The van der Waals surface area contributed by atoms with Gasteiger partial charge in [0.15, 0.2) is 0 Å². The Labute approximate surface area is 160 Å². The molecule has 0 aliphatic carbocycles. The third kappa shape index (κ3) is 5.70. The quantitative estimate of drug-likeness (QED) is 0.719. The Hall–Kier alpha value is -2.58. The molecule has 0 aliphatic heterocycles. The maximum absolute atomic E-state index is 12.4. The van der Waals surface area contributed by atoms with Crippen molar-refractivity contribution < 1.29 is 17.9 Å². The van der Waals surface area contributed by atoms with Crippen LogP contribution in [0.1, 0.15) is 18.9 Å². The van der Waals surface area contributed by atoms with Crippen molar-refractivity contribution in [1.29, 1.82) is 0 Å². The van der Waals surface area contributed by atoms with E-state index in [1.54, 1.807) is 25.1 Å². The zero-order valence-corrected chi connectivity index (χ0v) is 16.5. The van der Waals surface area contributed by atoms with Crippen LogP contribution < -0.4 is 20.1 Å². The second kappa shape index (κ2) is 8.88. The molecule has 0 fully saturated rings. The number of amides is 1. The molecule has 0 unspecified atom stereocenters. The first kappa shape index (κ1) is 20.7. The van der Waals surface area contributed by atoms with Crippen LogP contribution in [-0.2, 0) is 21.2 Å². The van der Waals surface area contributed by atoms with Gasteiger partial charge >= 0.3 is 0 Å². The fourth-order valence-electron chi connectivity index (χ4n) is 2.65. The maximum atomic E-state index is 12.4. The number of primary sulfonamides is 1.